The minimum Gasteiger partial charge on any atom is -0.339 e. The predicted molar refractivity (Wildman–Crippen MR) is 101 cm³/mol. The Balaban J connectivity index is 1.72. The van der Waals surface area contributed by atoms with Crippen molar-refractivity contribution < 1.29 is 9.18 Å². The second-order valence-corrected chi connectivity index (χ2v) is 6.17. The molecule has 0 saturated carbocycles. The molecule has 0 aliphatic heterocycles. The van der Waals surface area contributed by atoms with E-state index in [0.717, 1.165) is 16.8 Å². The molecular formula is C19H16ClFN4O. The van der Waals surface area contributed by atoms with Crippen LogP contribution in [0.15, 0.2) is 48.8 Å². The summed E-state index contributed by atoms with van der Waals surface area (Å²) in [6.07, 6.45) is 2.80. The molecule has 3 aromatic rings. The van der Waals surface area contributed by atoms with Gasteiger partial charge in [0.25, 0.3) is 5.91 Å². The van der Waals surface area contributed by atoms with Gasteiger partial charge in [-0.2, -0.15) is 0 Å². The van der Waals surface area contributed by atoms with Crippen molar-refractivity contribution in [1.29, 1.82) is 0 Å². The van der Waals surface area contributed by atoms with E-state index >= 15 is 0 Å². The van der Waals surface area contributed by atoms with Gasteiger partial charge < -0.3 is 10.6 Å². The molecule has 0 fully saturated rings. The fraction of sp³-hybridized carbons (Fsp3) is 0.105. The molecule has 0 radical (unpaired) electrons. The zero-order valence-electron chi connectivity index (χ0n) is 14.2. The predicted octanol–water partition coefficient (Wildman–Crippen LogP) is 4.88. The molecule has 1 heterocycles. The van der Waals surface area contributed by atoms with E-state index in [-0.39, 0.29) is 16.6 Å². The van der Waals surface area contributed by atoms with Crippen molar-refractivity contribution in [2.75, 3.05) is 10.6 Å². The Labute approximate surface area is 155 Å². The number of rotatable bonds is 4. The first-order chi connectivity index (χ1) is 12.4. The minimum atomic E-state index is -0.498. The van der Waals surface area contributed by atoms with E-state index in [9.17, 15) is 9.18 Å². The summed E-state index contributed by atoms with van der Waals surface area (Å²) in [7, 11) is 0. The molecule has 0 unspecified atom stereocenters. The van der Waals surface area contributed by atoms with Crippen LogP contribution >= 0.6 is 11.6 Å². The molecule has 26 heavy (non-hydrogen) atoms. The molecule has 2 aromatic carbocycles. The average molecular weight is 371 g/mol. The maximum atomic E-state index is 13.2. The van der Waals surface area contributed by atoms with Gasteiger partial charge >= 0.3 is 0 Å². The van der Waals surface area contributed by atoms with Crippen molar-refractivity contribution in [2.24, 2.45) is 0 Å². The highest BCUT2D eigenvalue weighted by atomic mass is 35.5. The third kappa shape index (κ3) is 3.97. The lowest BCUT2D eigenvalue weighted by Gasteiger charge is -2.11. The number of carbonyl (C=O) groups is 1. The molecule has 0 atom stereocenters. The summed E-state index contributed by atoms with van der Waals surface area (Å²) in [6, 6.07) is 10.0. The lowest BCUT2D eigenvalue weighted by atomic mass is 10.1. The van der Waals surface area contributed by atoms with E-state index in [0.29, 0.717) is 11.5 Å². The SMILES string of the molecule is Cc1cccc(C)c1NC(=O)c1cnc(Nc2ccc(F)c(Cl)c2)cn1. The van der Waals surface area contributed by atoms with Crippen LogP contribution in [0.1, 0.15) is 21.6 Å². The lowest BCUT2D eigenvalue weighted by Crippen LogP contribution is -2.15. The van der Waals surface area contributed by atoms with Crippen LogP contribution in [0, 0.1) is 19.7 Å². The molecule has 3 rings (SSSR count). The second kappa shape index (κ2) is 7.49. The summed E-state index contributed by atoms with van der Waals surface area (Å²) in [5, 5.41) is 5.81. The molecule has 7 heteroatoms. The molecular weight excluding hydrogens is 355 g/mol. The van der Waals surface area contributed by atoms with Crippen molar-refractivity contribution >= 4 is 34.7 Å². The molecule has 2 N–H and O–H groups in total. The fourth-order valence-electron chi connectivity index (χ4n) is 2.42. The van der Waals surface area contributed by atoms with Crippen LogP contribution in [0.4, 0.5) is 21.6 Å². The largest absolute Gasteiger partial charge is 0.339 e. The first-order valence-electron chi connectivity index (χ1n) is 7.86. The van der Waals surface area contributed by atoms with Crippen LogP contribution in [-0.2, 0) is 0 Å². The smallest absolute Gasteiger partial charge is 0.275 e. The van der Waals surface area contributed by atoms with Gasteiger partial charge in [-0.05, 0) is 43.2 Å². The Morgan fingerprint density at radius 3 is 2.42 bits per heavy atom. The van der Waals surface area contributed by atoms with Crippen LogP contribution in [0.5, 0.6) is 0 Å². The third-order valence-corrected chi connectivity index (χ3v) is 4.09. The quantitative estimate of drug-likeness (QED) is 0.686. The topological polar surface area (TPSA) is 66.9 Å². The number of nitrogens with zero attached hydrogens (tertiary/aromatic N) is 2. The first-order valence-corrected chi connectivity index (χ1v) is 8.23. The highest BCUT2D eigenvalue weighted by Gasteiger charge is 2.11. The minimum absolute atomic E-state index is 0.00700. The summed E-state index contributed by atoms with van der Waals surface area (Å²) in [6.45, 7) is 3.85. The number of benzene rings is 2. The van der Waals surface area contributed by atoms with Crippen molar-refractivity contribution in [3.8, 4) is 0 Å². The second-order valence-electron chi connectivity index (χ2n) is 5.76. The molecule has 0 bridgehead atoms. The molecule has 0 aliphatic rings. The molecule has 0 aliphatic carbocycles. The Bertz CT molecular complexity index is 940. The van der Waals surface area contributed by atoms with E-state index in [2.05, 4.69) is 20.6 Å². The summed E-state index contributed by atoms with van der Waals surface area (Å²) in [4.78, 5) is 20.7. The molecule has 0 saturated heterocycles. The van der Waals surface area contributed by atoms with Gasteiger partial charge in [-0.1, -0.05) is 29.8 Å². The van der Waals surface area contributed by atoms with E-state index in [4.69, 9.17) is 11.6 Å². The summed E-state index contributed by atoms with van der Waals surface area (Å²) >= 11 is 5.75. The van der Waals surface area contributed by atoms with Crippen molar-refractivity contribution in [2.45, 2.75) is 13.8 Å². The van der Waals surface area contributed by atoms with Gasteiger partial charge in [0.2, 0.25) is 0 Å². The number of nitrogens with one attached hydrogen (secondary N) is 2. The van der Waals surface area contributed by atoms with E-state index < -0.39 is 5.82 Å². The van der Waals surface area contributed by atoms with E-state index in [1.54, 1.807) is 0 Å². The van der Waals surface area contributed by atoms with Gasteiger partial charge in [-0.25, -0.2) is 14.4 Å². The highest BCUT2D eigenvalue weighted by molar-refractivity contribution is 6.31. The molecule has 5 nitrogen and oxygen atoms in total. The molecule has 1 amide bonds. The summed E-state index contributed by atoms with van der Waals surface area (Å²) in [5.41, 5.74) is 3.46. The van der Waals surface area contributed by atoms with Gasteiger partial charge in [0, 0.05) is 11.4 Å². The number of para-hydroxylation sites is 1. The average Bonchev–Trinajstić information content (AvgIpc) is 2.62. The fourth-order valence-corrected chi connectivity index (χ4v) is 2.60. The monoisotopic (exact) mass is 370 g/mol. The zero-order chi connectivity index (χ0) is 18.7. The number of carbonyl (C=O) groups excluding carboxylic acids is 1. The Morgan fingerprint density at radius 2 is 1.81 bits per heavy atom. The molecule has 1 aromatic heterocycles. The van der Waals surface area contributed by atoms with Crippen molar-refractivity contribution in [3.63, 3.8) is 0 Å². The van der Waals surface area contributed by atoms with Crippen LogP contribution in [-0.4, -0.2) is 15.9 Å². The number of amides is 1. The maximum absolute atomic E-state index is 13.2. The summed E-state index contributed by atoms with van der Waals surface area (Å²) < 4.78 is 13.2. The first kappa shape index (κ1) is 17.8. The van der Waals surface area contributed by atoms with Crippen LogP contribution in [0.25, 0.3) is 0 Å². The Morgan fingerprint density at radius 1 is 1.08 bits per heavy atom. The van der Waals surface area contributed by atoms with Gasteiger partial charge in [-0.3, -0.25) is 4.79 Å². The molecule has 0 spiro atoms. The van der Waals surface area contributed by atoms with E-state index in [1.165, 1.54) is 30.6 Å². The lowest BCUT2D eigenvalue weighted by molar-refractivity contribution is 0.102. The third-order valence-electron chi connectivity index (χ3n) is 3.80. The van der Waals surface area contributed by atoms with Gasteiger partial charge in [-0.15, -0.1) is 0 Å². The van der Waals surface area contributed by atoms with Gasteiger partial charge in [0.15, 0.2) is 0 Å². The Kier molecular flexibility index (Phi) is 5.14. The van der Waals surface area contributed by atoms with Crippen molar-refractivity contribution in [1.82, 2.24) is 9.97 Å². The van der Waals surface area contributed by atoms with Gasteiger partial charge in [0.1, 0.15) is 17.3 Å². The van der Waals surface area contributed by atoms with Crippen LogP contribution < -0.4 is 10.6 Å². The normalized spacial score (nSPS) is 10.5. The van der Waals surface area contributed by atoms with Crippen LogP contribution in [0.3, 0.4) is 0 Å². The number of hydrogen-bond donors (Lipinski definition) is 2. The van der Waals surface area contributed by atoms with Crippen molar-refractivity contribution in [3.05, 3.63) is 76.5 Å². The van der Waals surface area contributed by atoms with E-state index in [1.807, 2.05) is 32.0 Å². The molecule has 132 valence electrons. The number of aromatic nitrogens is 2. The number of hydrogen-bond acceptors (Lipinski definition) is 4. The number of aryl methyl sites for hydroxylation is 2. The van der Waals surface area contributed by atoms with Gasteiger partial charge in [0.05, 0.1) is 17.4 Å². The summed E-state index contributed by atoms with van der Waals surface area (Å²) in [5.74, 6) is -0.426. The standard InChI is InChI=1S/C19H16ClFN4O/c1-11-4-3-5-12(2)18(11)25-19(26)16-9-23-17(10-22-16)24-13-6-7-15(21)14(20)8-13/h3-10H,1-2H3,(H,23,24)(H,25,26). The van der Waals surface area contributed by atoms with Crippen LogP contribution in [0.2, 0.25) is 5.02 Å². The maximum Gasteiger partial charge on any atom is 0.275 e. The Hall–Kier alpha value is -2.99. The number of anilines is 3. The zero-order valence-corrected chi connectivity index (χ0v) is 14.9. The highest BCUT2D eigenvalue weighted by Crippen LogP contribution is 2.22. The number of halogens is 2.